The van der Waals surface area contributed by atoms with Gasteiger partial charge in [-0.2, -0.15) is 13.2 Å². The van der Waals surface area contributed by atoms with E-state index in [0.717, 1.165) is 0 Å². The average Bonchev–Trinajstić information content (AvgIpc) is 2.05. The number of rotatable bonds is 2. The number of halogens is 3. The Balaban J connectivity index is 2.70. The van der Waals surface area contributed by atoms with Crippen molar-refractivity contribution >= 4 is 6.09 Å². The number of hydrogen-bond donors (Lipinski definition) is 2. The number of carbonyl (C=O) groups is 1. The molecule has 0 bridgehead atoms. The molecule has 0 saturated heterocycles. The minimum atomic E-state index is -4.53. The third-order valence-corrected chi connectivity index (χ3v) is 2.94. The molecule has 18 heavy (non-hydrogen) atoms. The number of carbonyl (C=O) groups excluding carboxylic acids is 1. The molecule has 1 saturated carbocycles. The molecular weight excluding hydrogens is 249 g/mol. The van der Waals surface area contributed by atoms with E-state index in [0.29, 0.717) is 6.42 Å². The first-order valence-electron chi connectivity index (χ1n) is 5.80. The first kappa shape index (κ1) is 15.1. The van der Waals surface area contributed by atoms with Gasteiger partial charge in [-0.15, -0.1) is 0 Å². The molecular formula is C11H19F3N2O2. The van der Waals surface area contributed by atoms with Gasteiger partial charge in [0.2, 0.25) is 0 Å². The Bertz CT molecular complexity index is 319. The van der Waals surface area contributed by atoms with Gasteiger partial charge >= 0.3 is 12.3 Å². The molecule has 4 nitrogen and oxygen atoms in total. The van der Waals surface area contributed by atoms with Crippen LogP contribution in [-0.4, -0.2) is 29.5 Å². The third-order valence-electron chi connectivity index (χ3n) is 2.94. The van der Waals surface area contributed by atoms with Gasteiger partial charge in [-0.05, 0) is 40.0 Å². The Kier molecular flexibility index (Phi) is 3.86. The van der Waals surface area contributed by atoms with Gasteiger partial charge in [0.1, 0.15) is 11.6 Å². The Hall–Kier alpha value is -0.980. The van der Waals surface area contributed by atoms with Crippen molar-refractivity contribution in [2.45, 2.75) is 63.4 Å². The Morgan fingerprint density at radius 2 is 1.83 bits per heavy atom. The van der Waals surface area contributed by atoms with Gasteiger partial charge in [0, 0.05) is 0 Å². The summed E-state index contributed by atoms with van der Waals surface area (Å²) in [5, 5.41) is 2.29. The normalized spacial score (nSPS) is 20.8. The maximum Gasteiger partial charge on any atom is 0.408 e. The van der Waals surface area contributed by atoms with Gasteiger partial charge in [0.05, 0.1) is 5.54 Å². The lowest BCUT2D eigenvalue weighted by molar-refractivity contribution is -0.173. The number of nitrogens with two attached hydrogens (primary N) is 1. The van der Waals surface area contributed by atoms with E-state index in [9.17, 15) is 18.0 Å². The summed E-state index contributed by atoms with van der Waals surface area (Å²) < 4.78 is 42.9. The van der Waals surface area contributed by atoms with E-state index < -0.39 is 29.5 Å². The van der Waals surface area contributed by atoms with Crippen LogP contribution in [0.2, 0.25) is 0 Å². The highest BCUT2D eigenvalue weighted by atomic mass is 19.4. The van der Waals surface area contributed by atoms with Crippen LogP contribution in [0.4, 0.5) is 18.0 Å². The molecule has 1 atom stereocenters. The van der Waals surface area contributed by atoms with Crippen molar-refractivity contribution in [3.63, 3.8) is 0 Å². The molecule has 1 rings (SSSR count). The van der Waals surface area contributed by atoms with Crippen molar-refractivity contribution < 1.29 is 22.7 Å². The van der Waals surface area contributed by atoms with Crippen LogP contribution >= 0.6 is 0 Å². The molecule has 0 aromatic carbocycles. The maximum absolute atomic E-state index is 12.6. The molecule has 0 aliphatic heterocycles. The number of ether oxygens (including phenoxy) is 1. The zero-order chi connectivity index (χ0) is 14.2. The highest BCUT2D eigenvalue weighted by Gasteiger charge is 2.55. The second kappa shape index (κ2) is 4.60. The summed E-state index contributed by atoms with van der Waals surface area (Å²) >= 11 is 0. The quantitative estimate of drug-likeness (QED) is 0.807. The minimum absolute atomic E-state index is 0.215. The van der Waals surface area contributed by atoms with Gasteiger partial charge in [-0.3, -0.25) is 0 Å². The Labute approximate surface area is 104 Å². The minimum Gasteiger partial charge on any atom is -0.444 e. The van der Waals surface area contributed by atoms with Gasteiger partial charge < -0.3 is 15.8 Å². The lowest BCUT2D eigenvalue weighted by Gasteiger charge is -2.46. The highest BCUT2D eigenvalue weighted by Crippen LogP contribution is 2.40. The van der Waals surface area contributed by atoms with E-state index in [4.69, 9.17) is 10.5 Å². The van der Waals surface area contributed by atoms with E-state index in [-0.39, 0.29) is 12.8 Å². The molecule has 7 heteroatoms. The summed E-state index contributed by atoms with van der Waals surface area (Å²) in [5.41, 5.74) is 3.04. The van der Waals surface area contributed by atoms with E-state index in [1.807, 2.05) is 0 Å². The molecule has 3 N–H and O–H groups in total. The summed E-state index contributed by atoms with van der Waals surface area (Å²) in [4.78, 5) is 11.5. The molecule has 1 aliphatic rings. The monoisotopic (exact) mass is 268 g/mol. The summed E-state index contributed by atoms with van der Waals surface area (Å²) in [6.07, 6.45) is -4.35. The van der Waals surface area contributed by atoms with Crippen LogP contribution in [0.1, 0.15) is 40.0 Å². The van der Waals surface area contributed by atoms with E-state index >= 15 is 0 Å². The maximum atomic E-state index is 12.6. The van der Waals surface area contributed by atoms with Gasteiger partial charge in [0.25, 0.3) is 0 Å². The zero-order valence-electron chi connectivity index (χ0n) is 10.7. The molecule has 0 radical (unpaired) electrons. The van der Waals surface area contributed by atoms with Crippen LogP contribution in [-0.2, 0) is 4.74 Å². The lowest BCUT2D eigenvalue weighted by Crippen LogP contribution is -2.68. The van der Waals surface area contributed by atoms with Crippen LogP contribution in [0.3, 0.4) is 0 Å². The average molecular weight is 268 g/mol. The van der Waals surface area contributed by atoms with Crippen LogP contribution in [0.15, 0.2) is 0 Å². The number of alkyl carbamates (subject to hydrolysis) is 1. The molecule has 106 valence electrons. The van der Waals surface area contributed by atoms with Crippen molar-refractivity contribution in [2.24, 2.45) is 5.73 Å². The standard InChI is InChI=1S/C11H19F3N2O2/c1-9(2,3)18-8(17)16-10(5-4-6-10)7(15)11(12,13)14/h7H,4-6,15H2,1-3H3,(H,16,17). The van der Waals surface area contributed by atoms with Crippen molar-refractivity contribution in [1.29, 1.82) is 0 Å². The first-order valence-corrected chi connectivity index (χ1v) is 5.80. The highest BCUT2D eigenvalue weighted by molar-refractivity contribution is 5.69. The molecule has 1 aliphatic carbocycles. The molecule has 1 fully saturated rings. The lowest BCUT2D eigenvalue weighted by atomic mass is 9.71. The molecule has 0 spiro atoms. The van der Waals surface area contributed by atoms with Crippen LogP contribution < -0.4 is 11.1 Å². The molecule has 0 aromatic heterocycles. The van der Waals surface area contributed by atoms with E-state index in [2.05, 4.69) is 5.32 Å². The number of alkyl halides is 3. The predicted molar refractivity (Wildman–Crippen MR) is 60.0 cm³/mol. The summed E-state index contributed by atoms with van der Waals surface area (Å²) in [6.45, 7) is 4.93. The van der Waals surface area contributed by atoms with Crippen molar-refractivity contribution in [3.8, 4) is 0 Å². The summed E-state index contributed by atoms with van der Waals surface area (Å²) in [5.74, 6) is 0. The fourth-order valence-corrected chi connectivity index (χ4v) is 1.89. The second-order valence-electron chi connectivity index (χ2n) is 5.66. The van der Waals surface area contributed by atoms with Crippen molar-refractivity contribution in [2.75, 3.05) is 0 Å². The Morgan fingerprint density at radius 3 is 2.11 bits per heavy atom. The van der Waals surface area contributed by atoms with Crippen LogP contribution in [0, 0.1) is 0 Å². The SMILES string of the molecule is CC(C)(C)OC(=O)NC1(C(N)C(F)(F)F)CCC1. The van der Waals surface area contributed by atoms with Crippen LogP contribution in [0.5, 0.6) is 0 Å². The third kappa shape index (κ3) is 3.51. The van der Waals surface area contributed by atoms with Crippen LogP contribution in [0.25, 0.3) is 0 Å². The molecule has 0 aromatic rings. The van der Waals surface area contributed by atoms with Crippen molar-refractivity contribution in [3.05, 3.63) is 0 Å². The molecule has 1 amide bonds. The van der Waals surface area contributed by atoms with E-state index in [1.165, 1.54) is 0 Å². The largest absolute Gasteiger partial charge is 0.444 e. The fourth-order valence-electron chi connectivity index (χ4n) is 1.89. The number of nitrogens with one attached hydrogen (secondary N) is 1. The molecule has 1 unspecified atom stereocenters. The van der Waals surface area contributed by atoms with Crippen molar-refractivity contribution in [1.82, 2.24) is 5.32 Å². The first-order chi connectivity index (χ1) is 7.96. The molecule has 0 heterocycles. The second-order valence-corrected chi connectivity index (χ2v) is 5.66. The van der Waals surface area contributed by atoms with Gasteiger partial charge in [-0.1, -0.05) is 0 Å². The predicted octanol–water partition coefficient (Wildman–Crippen LogP) is 2.32. The zero-order valence-corrected chi connectivity index (χ0v) is 10.7. The fraction of sp³-hybridized carbons (Fsp3) is 0.909. The van der Waals surface area contributed by atoms with Gasteiger partial charge in [-0.25, -0.2) is 4.79 Å². The number of amides is 1. The summed E-state index contributed by atoms with van der Waals surface area (Å²) in [7, 11) is 0. The smallest absolute Gasteiger partial charge is 0.408 e. The number of hydrogen-bond acceptors (Lipinski definition) is 3. The Morgan fingerprint density at radius 1 is 1.33 bits per heavy atom. The topological polar surface area (TPSA) is 64.3 Å². The summed E-state index contributed by atoms with van der Waals surface area (Å²) in [6, 6.07) is -2.06. The van der Waals surface area contributed by atoms with E-state index in [1.54, 1.807) is 20.8 Å². The van der Waals surface area contributed by atoms with Gasteiger partial charge in [0.15, 0.2) is 0 Å².